The van der Waals surface area contributed by atoms with Crippen molar-refractivity contribution in [2.24, 2.45) is 5.73 Å². The minimum atomic E-state index is 0.0256. The predicted molar refractivity (Wildman–Crippen MR) is 70.4 cm³/mol. The largest absolute Gasteiger partial charge is 0.383 e. The van der Waals surface area contributed by atoms with Gasteiger partial charge in [-0.15, -0.1) is 0 Å². The Morgan fingerprint density at radius 3 is 3.00 bits per heavy atom. The molecule has 0 bridgehead atoms. The Labute approximate surface area is 101 Å². The Balaban J connectivity index is 2.18. The van der Waals surface area contributed by atoms with Gasteiger partial charge in [-0.05, 0) is 37.1 Å². The van der Waals surface area contributed by atoms with Crippen molar-refractivity contribution in [3.8, 4) is 0 Å². The highest BCUT2D eigenvalue weighted by atomic mass is 32.2. The monoisotopic (exact) mass is 237 g/mol. The Hall–Kier alpha value is -0.740. The van der Waals surface area contributed by atoms with Crippen LogP contribution in [0.4, 0.5) is 5.82 Å². The van der Waals surface area contributed by atoms with Gasteiger partial charge in [0.05, 0.1) is 0 Å². The van der Waals surface area contributed by atoms with Crippen molar-refractivity contribution < 1.29 is 0 Å². The molecule has 0 saturated carbocycles. The van der Waals surface area contributed by atoms with Crippen LogP contribution in [-0.4, -0.2) is 16.0 Å². The zero-order valence-corrected chi connectivity index (χ0v) is 10.5. The molecule has 0 aliphatic carbocycles. The Kier molecular flexibility index (Phi) is 3.71. The summed E-state index contributed by atoms with van der Waals surface area (Å²) in [5.74, 6) is 1.81. The Morgan fingerprint density at radius 2 is 2.31 bits per heavy atom. The smallest absolute Gasteiger partial charge is 0.128 e. The summed E-state index contributed by atoms with van der Waals surface area (Å²) in [6.45, 7) is 2.02. The molecule has 1 aromatic rings. The molecule has 1 aliphatic rings. The summed E-state index contributed by atoms with van der Waals surface area (Å²) >= 11 is 1.97. The topological polar surface area (TPSA) is 64.9 Å². The van der Waals surface area contributed by atoms with Crippen molar-refractivity contribution in [2.45, 2.75) is 37.5 Å². The van der Waals surface area contributed by atoms with Crippen molar-refractivity contribution in [3.05, 3.63) is 23.4 Å². The molecule has 2 unspecified atom stereocenters. The predicted octanol–water partition coefficient (Wildman–Crippen LogP) is 2.26. The number of pyridine rings is 1. The molecule has 2 rings (SSSR count). The van der Waals surface area contributed by atoms with Crippen LogP contribution in [0.1, 0.15) is 36.4 Å². The molecule has 0 aromatic carbocycles. The van der Waals surface area contributed by atoms with Crippen LogP contribution in [-0.2, 0) is 0 Å². The molecule has 0 amide bonds. The van der Waals surface area contributed by atoms with Crippen molar-refractivity contribution in [2.75, 3.05) is 11.5 Å². The maximum absolute atomic E-state index is 6.30. The Bertz CT molecular complexity index is 361. The summed E-state index contributed by atoms with van der Waals surface area (Å²) in [6.07, 6.45) is 5.58. The molecule has 1 fully saturated rings. The zero-order chi connectivity index (χ0) is 11.5. The minimum Gasteiger partial charge on any atom is -0.383 e. The van der Waals surface area contributed by atoms with Crippen LogP contribution in [0.25, 0.3) is 0 Å². The van der Waals surface area contributed by atoms with Crippen LogP contribution in [0.2, 0.25) is 0 Å². The fourth-order valence-corrected chi connectivity index (χ4v) is 3.48. The number of hydrogen-bond donors (Lipinski definition) is 2. The number of rotatable bonds is 2. The Morgan fingerprint density at radius 1 is 1.50 bits per heavy atom. The lowest BCUT2D eigenvalue weighted by Crippen LogP contribution is -2.27. The first kappa shape index (κ1) is 11.7. The third-order valence-electron chi connectivity index (χ3n) is 3.06. The maximum atomic E-state index is 6.30. The molecule has 2 heterocycles. The number of aryl methyl sites for hydroxylation is 1. The van der Waals surface area contributed by atoms with Gasteiger partial charge in [0.1, 0.15) is 5.82 Å². The summed E-state index contributed by atoms with van der Waals surface area (Å²) in [5.41, 5.74) is 14.3. The van der Waals surface area contributed by atoms with Gasteiger partial charge in [0.2, 0.25) is 0 Å². The van der Waals surface area contributed by atoms with Gasteiger partial charge in [-0.2, -0.15) is 11.8 Å². The summed E-state index contributed by atoms with van der Waals surface area (Å²) in [5, 5.41) is 0.500. The van der Waals surface area contributed by atoms with E-state index in [1.54, 1.807) is 6.20 Å². The van der Waals surface area contributed by atoms with Crippen molar-refractivity contribution in [1.29, 1.82) is 0 Å². The number of nitrogens with zero attached hydrogens (tertiary/aromatic N) is 1. The lowest BCUT2D eigenvalue weighted by atomic mass is 10.00. The van der Waals surface area contributed by atoms with Crippen LogP contribution in [0.3, 0.4) is 0 Å². The van der Waals surface area contributed by atoms with E-state index in [9.17, 15) is 0 Å². The molecule has 2 atom stereocenters. The second-order valence-electron chi connectivity index (χ2n) is 4.42. The third-order valence-corrected chi connectivity index (χ3v) is 4.54. The molecular formula is C12H19N3S. The highest BCUT2D eigenvalue weighted by Gasteiger charge is 2.24. The molecule has 1 saturated heterocycles. The SMILES string of the molecule is Cc1cnc(N)c(C(N)C2CCCCS2)c1. The van der Waals surface area contributed by atoms with Gasteiger partial charge in [-0.1, -0.05) is 6.42 Å². The van der Waals surface area contributed by atoms with Crippen LogP contribution in [0.15, 0.2) is 12.3 Å². The lowest BCUT2D eigenvalue weighted by molar-refractivity contribution is 0.582. The molecule has 4 N–H and O–H groups in total. The highest BCUT2D eigenvalue weighted by molar-refractivity contribution is 8.00. The van der Waals surface area contributed by atoms with Crippen molar-refractivity contribution >= 4 is 17.6 Å². The van der Waals surface area contributed by atoms with Crippen LogP contribution in [0, 0.1) is 6.92 Å². The molecule has 0 spiro atoms. The van der Waals surface area contributed by atoms with Gasteiger partial charge in [-0.3, -0.25) is 0 Å². The summed E-state index contributed by atoms with van der Waals surface area (Å²) in [7, 11) is 0. The van der Waals surface area contributed by atoms with Gasteiger partial charge in [-0.25, -0.2) is 4.98 Å². The van der Waals surface area contributed by atoms with E-state index < -0.39 is 0 Å². The fourth-order valence-electron chi connectivity index (χ4n) is 2.12. The molecule has 88 valence electrons. The van der Waals surface area contributed by atoms with E-state index in [1.807, 2.05) is 18.7 Å². The zero-order valence-electron chi connectivity index (χ0n) is 9.65. The number of thioether (sulfide) groups is 1. The first-order valence-corrected chi connectivity index (χ1v) is 6.82. The van der Waals surface area contributed by atoms with E-state index in [2.05, 4.69) is 11.1 Å². The van der Waals surface area contributed by atoms with Gasteiger partial charge in [0, 0.05) is 23.1 Å². The van der Waals surface area contributed by atoms with Gasteiger partial charge < -0.3 is 11.5 Å². The number of nitrogens with two attached hydrogens (primary N) is 2. The normalized spacial score (nSPS) is 23.0. The van der Waals surface area contributed by atoms with Gasteiger partial charge in [0.25, 0.3) is 0 Å². The maximum Gasteiger partial charge on any atom is 0.128 e. The molecule has 16 heavy (non-hydrogen) atoms. The van der Waals surface area contributed by atoms with Crippen molar-refractivity contribution in [3.63, 3.8) is 0 Å². The van der Waals surface area contributed by atoms with E-state index >= 15 is 0 Å². The lowest BCUT2D eigenvalue weighted by Gasteiger charge is -2.27. The summed E-state index contributed by atoms with van der Waals surface area (Å²) < 4.78 is 0. The van der Waals surface area contributed by atoms with Crippen LogP contribution in [0.5, 0.6) is 0 Å². The van der Waals surface area contributed by atoms with E-state index in [-0.39, 0.29) is 6.04 Å². The average Bonchev–Trinajstić information content (AvgIpc) is 2.32. The molecule has 3 nitrogen and oxygen atoms in total. The highest BCUT2D eigenvalue weighted by Crippen LogP contribution is 2.34. The van der Waals surface area contributed by atoms with E-state index in [1.165, 1.54) is 25.0 Å². The number of nitrogen functional groups attached to an aromatic ring is 1. The fraction of sp³-hybridized carbons (Fsp3) is 0.583. The second kappa shape index (κ2) is 5.06. The molecule has 0 radical (unpaired) electrons. The molecular weight excluding hydrogens is 218 g/mol. The average molecular weight is 237 g/mol. The van der Waals surface area contributed by atoms with E-state index in [0.29, 0.717) is 11.1 Å². The summed E-state index contributed by atoms with van der Waals surface area (Å²) in [6, 6.07) is 2.10. The summed E-state index contributed by atoms with van der Waals surface area (Å²) in [4.78, 5) is 4.18. The number of aromatic nitrogens is 1. The van der Waals surface area contributed by atoms with Gasteiger partial charge in [0.15, 0.2) is 0 Å². The third kappa shape index (κ3) is 2.50. The molecule has 4 heteroatoms. The standard InChI is InChI=1S/C12H19N3S/c1-8-6-9(12(14)15-7-8)11(13)10-4-2-3-5-16-10/h6-7,10-11H,2-5,13H2,1H3,(H2,14,15). The first-order chi connectivity index (χ1) is 7.68. The van der Waals surface area contributed by atoms with Gasteiger partial charge >= 0.3 is 0 Å². The second-order valence-corrected chi connectivity index (χ2v) is 5.77. The molecule has 1 aromatic heterocycles. The number of hydrogen-bond acceptors (Lipinski definition) is 4. The van der Waals surface area contributed by atoms with E-state index in [4.69, 9.17) is 11.5 Å². The van der Waals surface area contributed by atoms with Crippen LogP contribution < -0.4 is 11.5 Å². The van der Waals surface area contributed by atoms with Crippen LogP contribution >= 0.6 is 11.8 Å². The molecule has 1 aliphatic heterocycles. The quantitative estimate of drug-likeness (QED) is 0.828. The number of anilines is 1. The van der Waals surface area contributed by atoms with Crippen molar-refractivity contribution in [1.82, 2.24) is 4.98 Å². The minimum absolute atomic E-state index is 0.0256. The van der Waals surface area contributed by atoms with E-state index in [0.717, 1.165) is 11.1 Å². The first-order valence-electron chi connectivity index (χ1n) is 5.77.